The molecule has 0 aliphatic carbocycles. The Balaban J connectivity index is 2.03. The highest BCUT2D eigenvalue weighted by Crippen LogP contribution is 2.27. The molecule has 2 atom stereocenters. The molecule has 0 fully saturated rings. The van der Waals surface area contributed by atoms with Crippen molar-refractivity contribution in [2.75, 3.05) is 11.9 Å². The third-order valence-corrected chi connectivity index (χ3v) is 3.79. The Labute approximate surface area is 151 Å². The van der Waals surface area contributed by atoms with Crippen LogP contribution in [0.5, 0.6) is 5.75 Å². The van der Waals surface area contributed by atoms with E-state index in [-0.39, 0.29) is 0 Å². The van der Waals surface area contributed by atoms with E-state index < -0.39 is 24.0 Å². The number of ether oxygens (including phenoxy) is 2. The average molecular weight is 399 g/mol. The van der Waals surface area contributed by atoms with Crippen molar-refractivity contribution in [3.05, 3.63) is 23.8 Å². The van der Waals surface area contributed by atoms with Crippen molar-refractivity contribution in [1.29, 1.82) is 0 Å². The SMILES string of the molecule is CC(C)(C)OC(=O)NC(O)C1O[B]c2c(OCCCBr)cccc21. The molecule has 1 amide bonds. The van der Waals surface area contributed by atoms with Crippen LogP contribution >= 0.6 is 15.9 Å². The van der Waals surface area contributed by atoms with Crippen molar-refractivity contribution in [2.45, 2.75) is 45.1 Å². The molecule has 1 aliphatic rings. The maximum absolute atomic E-state index is 11.8. The van der Waals surface area contributed by atoms with Crippen LogP contribution in [-0.2, 0) is 9.39 Å². The van der Waals surface area contributed by atoms with E-state index in [0.717, 1.165) is 22.8 Å². The van der Waals surface area contributed by atoms with E-state index in [4.69, 9.17) is 14.1 Å². The van der Waals surface area contributed by atoms with Crippen LogP contribution in [0.25, 0.3) is 0 Å². The molecule has 1 radical (unpaired) electrons. The van der Waals surface area contributed by atoms with Crippen LogP contribution in [0.4, 0.5) is 4.79 Å². The number of aliphatic hydroxyl groups excluding tert-OH is 1. The second-order valence-electron chi connectivity index (χ2n) is 6.42. The molecular weight excluding hydrogens is 377 g/mol. The third-order valence-electron chi connectivity index (χ3n) is 3.23. The summed E-state index contributed by atoms with van der Waals surface area (Å²) in [7, 11) is 1.55. The van der Waals surface area contributed by atoms with Crippen LogP contribution < -0.4 is 15.5 Å². The summed E-state index contributed by atoms with van der Waals surface area (Å²) in [5, 5.41) is 13.5. The summed E-state index contributed by atoms with van der Waals surface area (Å²) in [5.41, 5.74) is 0.901. The third kappa shape index (κ3) is 5.12. The molecule has 131 valence electrons. The molecule has 2 unspecified atom stereocenters. The number of amides is 1. The van der Waals surface area contributed by atoms with E-state index in [0.29, 0.717) is 12.4 Å². The quantitative estimate of drug-likeness (QED) is 0.331. The number of hydrogen-bond acceptors (Lipinski definition) is 5. The Kier molecular flexibility index (Phi) is 6.54. The molecule has 2 rings (SSSR count). The summed E-state index contributed by atoms with van der Waals surface area (Å²) in [6, 6.07) is 5.52. The van der Waals surface area contributed by atoms with Gasteiger partial charge in [0, 0.05) is 5.33 Å². The Morgan fingerprint density at radius 2 is 2.25 bits per heavy atom. The summed E-state index contributed by atoms with van der Waals surface area (Å²) in [6.45, 7) is 5.85. The molecule has 8 heteroatoms. The predicted octanol–water partition coefficient (Wildman–Crippen LogP) is 2.01. The second-order valence-corrected chi connectivity index (χ2v) is 7.21. The highest BCUT2D eigenvalue weighted by atomic mass is 79.9. The molecule has 0 bridgehead atoms. The number of halogens is 1. The predicted molar refractivity (Wildman–Crippen MR) is 94.9 cm³/mol. The number of nitrogens with one attached hydrogen (secondary N) is 1. The number of carbonyl (C=O) groups is 1. The standard InChI is InChI=1S/C16H22BBrNO5/c1-16(2,3)23-15(21)19-14(20)13-10-6-4-7-11(12(10)17-24-13)22-9-5-8-18/h4,6-7,13-14,20H,5,8-9H2,1-3H3,(H,19,21). The number of fused-ring (bicyclic) bond motifs is 1. The van der Waals surface area contributed by atoms with E-state index in [1.165, 1.54) is 0 Å². The van der Waals surface area contributed by atoms with Crippen LogP contribution in [0.15, 0.2) is 18.2 Å². The average Bonchev–Trinajstić information content (AvgIpc) is 2.90. The van der Waals surface area contributed by atoms with Crippen molar-refractivity contribution >= 4 is 35.0 Å². The zero-order chi connectivity index (χ0) is 17.7. The lowest BCUT2D eigenvalue weighted by Gasteiger charge is -2.24. The highest BCUT2D eigenvalue weighted by molar-refractivity contribution is 9.09. The van der Waals surface area contributed by atoms with Crippen LogP contribution in [0.2, 0.25) is 0 Å². The first-order valence-corrected chi connectivity index (χ1v) is 8.92. The summed E-state index contributed by atoms with van der Waals surface area (Å²) < 4.78 is 16.4. The fourth-order valence-corrected chi connectivity index (χ4v) is 2.49. The molecule has 0 saturated carbocycles. The van der Waals surface area contributed by atoms with Gasteiger partial charge < -0.3 is 19.2 Å². The van der Waals surface area contributed by atoms with Gasteiger partial charge in [-0.05, 0) is 44.3 Å². The number of aliphatic hydroxyl groups is 1. The maximum Gasteiger partial charge on any atom is 0.409 e. The summed E-state index contributed by atoms with van der Waals surface area (Å²) >= 11 is 3.36. The number of alkyl halides is 1. The Morgan fingerprint density at radius 3 is 2.92 bits per heavy atom. The van der Waals surface area contributed by atoms with Gasteiger partial charge in [0.1, 0.15) is 17.5 Å². The van der Waals surface area contributed by atoms with Crippen LogP contribution in [0, 0.1) is 0 Å². The van der Waals surface area contributed by atoms with Gasteiger partial charge in [0.2, 0.25) is 0 Å². The maximum atomic E-state index is 11.8. The summed E-state index contributed by atoms with van der Waals surface area (Å²) in [5.74, 6) is 0.695. The van der Waals surface area contributed by atoms with Crippen molar-refractivity contribution in [1.82, 2.24) is 5.32 Å². The molecular formula is C16H22BBrNO5. The first-order valence-electron chi connectivity index (χ1n) is 7.80. The molecule has 6 nitrogen and oxygen atoms in total. The van der Waals surface area contributed by atoms with E-state index >= 15 is 0 Å². The number of hydrogen-bond donors (Lipinski definition) is 2. The van der Waals surface area contributed by atoms with Crippen molar-refractivity contribution in [3.63, 3.8) is 0 Å². The zero-order valence-electron chi connectivity index (χ0n) is 14.0. The Morgan fingerprint density at radius 1 is 1.50 bits per heavy atom. The van der Waals surface area contributed by atoms with Crippen molar-refractivity contribution in [3.8, 4) is 5.75 Å². The minimum atomic E-state index is -1.23. The topological polar surface area (TPSA) is 77.0 Å². The van der Waals surface area contributed by atoms with Gasteiger partial charge in [0.05, 0.1) is 6.61 Å². The number of alkyl carbamates (subject to hydrolysis) is 1. The Bertz CT molecular complexity index is 578. The molecule has 0 spiro atoms. The van der Waals surface area contributed by atoms with Crippen molar-refractivity contribution < 1.29 is 24.0 Å². The zero-order valence-corrected chi connectivity index (χ0v) is 15.6. The summed E-state index contributed by atoms with van der Waals surface area (Å²) in [6.07, 6.45) is -1.74. The van der Waals surface area contributed by atoms with Gasteiger partial charge in [-0.2, -0.15) is 0 Å². The monoisotopic (exact) mass is 398 g/mol. The number of rotatable bonds is 6. The summed E-state index contributed by atoms with van der Waals surface area (Å²) in [4.78, 5) is 11.8. The molecule has 1 aromatic rings. The van der Waals surface area contributed by atoms with E-state index in [1.54, 1.807) is 28.3 Å². The van der Waals surface area contributed by atoms with Crippen molar-refractivity contribution in [2.24, 2.45) is 0 Å². The highest BCUT2D eigenvalue weighted by Gasteiger charge is 2.34. The lowest BCUT2D eigenvalue weighted by Crippen LogP contribution is -2.42. The lowest BCUT2D eigenvalue weighted by atomic mass is 9.85. The fourth-order valence-electron chi connectivity index (χ4n) is 2.26. The normalized spacial score (nSPS) is 17.6. The minimum Gasteiger partial charge on any atom is -0.494 e. The molecule has 1 aliphatic heterocycles. The second kappa shape index (κ2) is 8.22. The first-order chi connectivity index (χ1) is 11.3. The minimum absolute atomic E-state index is 0.582. The molecule has 1 heterocycles. The largest absolute Gasteiger partial charge is 0.494 e. The van der Waals surface area contributed by atoms with E-state index in [2.05, 4.69) is 21.2 Å². The Hall–Kier alpha value is -1.25. The van der Waals surface area contributed by atoms with Gasteiger partial charge in [0.25, 0.3) is 0 Å². The molecule has 0 aromatic heterocycles. The van der Waals surface area contributed by atoms with E-state index in [1.807, 2.05) is 18.2 Å². The van der Waals surface area contributed by atoms with Crippen LogP contribution in [-0.4, -0.2) is 42.4 Å². The lowest BCUT2D eigenvalue weighted by molar-refractivity contribution is -0.000293. The number of benzene rings is 1. The smallest absolute Gasteiger partial charge is 0.409 e. The van der Waals surface area contributed by atoms with Gasteiger partial charge in [-0.1, -0.05) is 28.1 Å². The van der Waals surface area contributed by atoms with Crippen LogP contribution in [0.1, 0.15) is 38.9 Å². The molecule has 1 aromatic carbocycles. The molecule has 0 saturated heterocycles. The number of carbonyl (C=O) groups excluding carboxylic acids is 1. The van der Waals surface area contributed by atoms with E-state index in [9.17, 15) is 9.90 Å². The molecule has 2 N–H and O–H groups in total. The van der Waals surface area contributed by atoms with Gasteiger partial charge in [-0.15, -0.1) is 0 Å². The molecule has 24 heavy (non-hydrogen) atoms. The van der Waals surface area contributed by atoms with Gasteiger partial charge in [-0.25, -0.2) is 4.79 Å². The van der Waals surface area contributed by atoms with Crippen LogP contribution in [0.3, 0.4) is 0 Å². The van der Waals surface area contributed by atoms with Gasteiger partial charge >= 0.3 is 13.6 Å². The first kappa shape index (κ1) is 19.1. The van der Waals surface area contributed by atoms with Gasteiger partial charge in [0.15, 0.2) is 6.23 Å². The van der Waals surface area contributed by atoms with Gasteiger partial charge in [-0.3, -0.25) is 5.32 Å². The fraction of sp³-hybridized carbons (Fsp3) is 0.562.